The molecule has 0 radical (unpaired) electrons. The van der Waals surface area contributed by atoms with Crippen molar-refractivity contribution in [1.82, 2.24) is 20.2 Å². The van der Waals surface area contributed by atoms with Gasteiger partial charge in [-0.2, -0.15) is 0 Å². The summed E-state index contributed by atoms with van der Waals surface area (Å²) in [5.41, 5.74) is 3.09. The number of pyridine rings is 1. The predicted octanol–water partition coefficient (Wildman–Crippen LogP) is 2.92. The number of hydrogen-bond donors (Lipinski definition) is 2. The van der Waals surface area contributed by atoms with Crippen molar-refractivity contribution in [1.29, 1.82) is 0 Å². The molecular weight excluding hydrogens is 376 g/mol. The summed E-state index contributed by atoms with van der Waals surface area (Å²) in [7, 11) is 0. The molecule has 2 aromatic heterocycles. The summed E-state index contributed by atoms with van der Waals surface area (Å²) >= 11 is 6.10. The first-order valence-electron chi connectivity index (χ1n) is 9.30. The van der Waals surface area contributed by atoms with Gasteiger partial charge in [0.1, 0.15) is 0 Å². The Morgan fingerprint density at radius 2 is 2.25 bits per heavy atom. The number of rotatable bonds is 6. The summed E-state index contributed by atoms with van der Waals surface area (Å²) in [4.78, 5) is 33.8. The van der Waals surface area contributed by atoms with E-state index in [0.717, 1.165) is 28.5 Å². The Balaban J connectivity index is 1.33. The molecule has 1 fully saturated rings. The fraction of sp³-hybridized carbons (Fsp3) is 0.286. The average Bonchev–Trinajstić information content (AvgIpc) is 3.28. The van der Waals surface area contributed by atoms with Gasteiger partial charge in [-0.15, -0.1) is 0 Å². The van der Waals surface area contributed by atoms with Gasteiger partial charge in [0.25, 0.3) is 0 Å². The number of benzene rings is 1. The molecule has 0 spiro atoms. The number of nitrogens with zero attached hydrogens (tertiary/aromatic N) is 2. The summed E-state index contributed by atoms with van der Waals surface area (Å²) < 4.78 is 0. The highest BCUT2D eigenvalue weighted by molar-refractivity contribution is 6.31. The van der Waals surface area contributed by atoms with Gasteiger partial charge in [-0.3, -0.25) is 14.6 Å². The minimum absolute atomic E-state index is 0.0272. The Labute approximate surface area is 167 Å². The third-order valence-corrected chi connectivity index (χ3v) is 5.39. The normalized spacial score (nSPS) is 16.7. The second-order valence-electron chi connectivity index (χ2n) is 7.07. The molecule has 0 unspecified atom stereocenters. The van der Waals surface area contributed by atoms with E-state index in [9.17, 15) is 9.59 Å². The standard InChI is InChI=1S/C21H21ClN4O2/c22-17-3-4-19-18(9-17)15(12-24-19)5-7-26-13-16(8-20(26)27)21(28)25-11-14-2-1-6-23-10-14/h1-4,6,9-10,12,16,24H,5,7-8,11,13H2,(H,25,28)/t16-/m0/s1. The molecular formula is C21H21ClN4O2. The number of H-pyrrole nitrogens is 1. The molecule has 1 aliphatic rings. The number of fused-ring (bicyclic) bond motifs is 1. The zero-order chi connectivity index (χ0) is 19.5. The molecule has 1 aromatic carbocycles. The second-order valence-corrected chi connectivity index (χ2v) is 7.51. The molecule has 28 heavy (non-hydrogen) atoms. The molecule has 1 atom stereocenters. The summed E-state index contributed by atoms with van der Waals surface area (Å²) in [6, 6.07) is 9.48. The molecule has 2 N–H and O–H groups in total. The molecule has 7 heteroatoms. The third kappa shape index (κ3) is 4.02. The molecule has 2 amide bonds. The minimum atomic E-state index is -0.304. The highest BCUT2D eigenvalue weighted by Gasteiger charge is 2.33. The average molecular weight is 397 g/mol. The lowest BCUT2D eigenvalue weighted by Crippen LogP contribution is -2.33. The van der Waals surface area contributed by atoms with E-state index in [1.54, 1.807) is 17.3 Å². The van der Waals surface area contributed by atoms with Gasteiger partial charge in [0.05, 0.1) is 5.92 Å². The topological polar surface area (TPSA) is 78.1 Å². The number of nitrogens with one attached hydrogen (secondary N) is 2. The van der Waals surface area contributed by atoms with Crippen LogP contribution in [0.1, 0.15) is 17.5 Å². The molecule has 1 aliphatic heterocycles. The van der Waals surface area contributed by atoms with Crippen molar-refractivity contribution in [3.63, 3.8) is 0 Å². The number of hydrogen-bond acceptors (Lipinski definition) is 3. The van der Waals surface area contributed by atoms with Crippen LogP contribution in [-0.4, -0.2) is 39.8 Å². The van der Waals surface area contributed by atoms with Gasteiger partial charge in [-0.05, 0) is 41.8 Å². The molecule has 4 rings (SSSR count). The maximum atomic E-state index is 12.4. The molecule has 0 bridgehead atoms. The van der Waals surface area contributed by atoms with Gasteiger partial charge in [0.2, 0.25) is 11.8 Å². The first-order valence-corrected chi connectivity index (χ1v) is 9.68. The Kier molecular flexibility index (Phi) is 5.30. The van der Waals surface area contributed by atoms with Crippen LogP contribution in [0.15, 0.2) is 48.9 Å². The van der Waals surface area contributed by atoms with E-state index in [1.807, 2.05) is 36.5 Å². The van der Waals surface area contributed by atoms with Crippen LogP contribution >= 0.6 is 11.6 Å². The maximum Gasteiger partial charge on any atom is 0.225 e. The van der Waals surface area contributed by atoms with Crippen molar-refractivity contribution in [3.8, 4) is 0 Å². The molecule has 1 saturated heterocycles. The van der Waals surface area contributed by atoms with Crippen molar-refractivity contribution in [2.45, 2.75) is 19.4 Å². The number of carbonyl (C=O) groups excluding carboxylic acids is 2. The lowest BCUT2D eigenvalue weighted by molar-refractivity contribution is -0.129. The van der Waals surface area contributed by atoms with Gasteiger partial charge < -0.3 is 15.2 Å². The molecule has 3 heterocycles. The Bertz CT molecular complexity index is 1000. The van der Waals surface area contributed by atoms with Crippen molar-refractivity contribution >= 4 is 34.3 Å². The van der Waals surface area contributed by atoms with Crippen molar-refractivity contribution < 1.29 is 9.59 Å². The molecule has 0 aliphatic carbocycles. The molecule has 3 aromatic rings. The maximum absolute atomic E-state index is 12.4. The zero-order valence-electron chi connectivity index (χ0n) is 15.3. The van der Waals surface area contributed by atoms with E-state index in [1.165, 1.54) is 0 Å². The van der Waals surface area contributed by atoms with E-state index in [0.29, 0.717) is 24.7 Å². The fourth-order valence-corrected chi connectivity index (χ4v) is 3.79. The minimum Gasteiger partial charge on any atom is -0.361 e. The van der Waals surface area contributed by atoms with Crippen LogP contribution in [0.2, 0.25) is 5.02 Å². The lowest BCUT2D eigenvalue weighted by atomic mass is 10.1. The van der Waals surface area contributed by atoms with Crippen molar-refractivity contribution in [2.75, 3.05) is 13.1 Å². The van der Waals surface area contributed by atoms with E-state index in [4.69, 9.17) is 11.6 Å². The van der Waals surface area contributed by atoms with Gasteiger partial charge in [-0.1, -0.05) is 17.7 Å². The van der Waals surface area contributed by atoms with Gasteiger partial charge in [0, 0.05) is 60.6 Å². The number of amides is 2. The predicted molar refractivity (Wildman–Crippen MR) is 108 cm³/mol. The largest absolute Gasteiger partial charge is 0.361 e. The summed E-state index contributed by atoms with van der Waals surface area (Å²) in [6.07, 6.45) is 6.36. The van der Waals surface area contributed by atoms with Crippen molar-refractivity contribution in [3.05, 3.63) is 65.1 Å². The molecule has 144 valence electrons. The number of likely N-dealkylation sites (tertiary alicyclic amines) is 1. The van der Waals surface area contributed by atoms with Crippen LogP contribution in [0.25, 0.3) is 10.9 Å². The lowest BCUT2D eigenvalue weighted by Gasteiger charge is -2.16. The summed E-state index contributed by atoms with van der Waals surface area (Å²) in [6.45, 7) is 1.47. The Morgan fingerprint density at radius 1 is 1.36 bits per heavy atom. The van der Waals surface area contributed by atoms with Crippen molar-refractivity contribution in [2.24, 2.45) is 5.92 Å². The second kappa shape index (κ2) is 8.02. The van der Waals surface area contributed by atoms with E-state index in [-0.39, 0.29) is 24.2 Å². The zero-order valence-corrected chi connectivity index (χ0v) is 16.1. The van der Waals surface area contributed by atoms with Crippen LogP contribution in [0.4, 0.5) is 0 Å². The summed E-state index contributed by atoms with van der Waals surface area (Å²) in [5, 5.41) is 4.67. The van der Waals surface area contributed by atoms with E-state index < -0.39 is 0 Å². The number of halogens is 1. The first kappa shape index (κ1) is 18.5. The number of aromatic amines is 1. The van der Waals surface area contributed by atoms with Gasteiger partial charge in [-0.25, -0.2) is 0 Å². The SMILES string of the molecule is O=C(NCc1cccnc1)[C@H]1CC(=O)N(CCc2c[nH]c3ccc(Cl)cc23)C1. The quantitative estimate of drug-likeness (QED) is 0.672. The Morgan fingerprint density at radius 3 is 3.07 bits per heavy atom. The van der Waals surface area contributed by atoms with Crippen LogP contribution < -0.4 is 5.32 Å². The smallest absolute Gasteiger partial charge is 0.225 e. The highest BCUT2D eigenvalue weighted by atomic mass is 35.5. The number of aromatic nitrogens is 2. The Hall–Kier alpha value is -2.86. The third-order valence-electron chi connectivity index (χ3n) is 5.16. The van der Waals surface area contributed by atoms with Crippen LogP contribution in [-0.2, 0) is 22.6 Å². The van der Waals surface area contributed by atoms with Gasteiger partial charge in [0.15, 0.2) is 0 Å². The summed E-state index contributed by atoms with van der Waals surface area (Å²) in [5.74, 6) is -0.362. The van der Waals surface area contributed by atoms with E-state index >= 15 is 0 Å². The number of carbonyl (C=O) groups is 2. The first-order chi connectivity index (χ1) is 13.6. The molecule has 0 saturated carbocycles. The van der Waals surface area contributed by atoms with Crippen LogP contribution in [0.3, 0.4) is 0 Å². The monoisotopic (exact) mass is 396 g/mol. The van der Waals surface area contributed by atoms with Gasteiger partial charge >= 0.3 is 0 Å². The van der Waals surface area contributed by atoms with Crippen LogP contribution in [0.5, 0.6) is 0 Å². The fourth-order valence-electron chi connectivity index (χ4n) is 3.61. The van der Waals surface area contributed by atoms with Crippen LogP contribution in [0, 0.1) is 5.92 Å². The molecule has 6 nitrogen and oxygen atoms in total. The highest BCUT2D eigenvalue weighted by Crippen LogP contribution is 2.24. The van der Waals surface area contributed by atoms with E-state index in [2.05, 4.69) is 15.3 Å².